The number of rotatable bonds is 6. The SMILES string of the molecule is CC(C)CCCC(C)C(=O)C(C)C. The van der Waals surface area contributed by atoms with E-state index in [2.05, 4.69) is 20.8 Å². The molecule has 78 valence electrons. The molecule has 0 amide bonds. The summed E-state index contributed by atoms with van der Waals surface area (Å²) in [7, 11) is 0. The van der Waals surface area contributed by atoms with Crippen LogP contribution in [0.5, 0.6) is 0 Å². The Bertz CT molecular complexity index is 147. The molecule has 0 heterocycles. The molecule has 0 bridgehead atoms. The highest BCUT2D eigenvalue weighted by Gasteiger charge is 2.15. The zero-order valence-corrected chi connectivity index (χ0v) is 9.76. The van der Waals surface area contributed by atoms with Gasteiger partial charge in [-0.1, -0.05) is 47.5 Å². The van der Waals surface area contributed by atoms with Gasteiger partial charge in [0.1, 0.15) is 5.78 Å². The standard InChI is InChI=1S/C12H24O/c1-9(2)7-6-8-11(5)12(13)10(3)4/h9-11H,6-8H2,1-5H3. The number of carbonyl (C=O) groups is 1. The van der Waals surface area contributed by atoms with Crippen molar-refractivity contribution >= 4 is 5.78 Å². The van der Waals surface area contributed by atoms with Crippen molar-refractivity contribution in [3.8, 4) is 0 Å². The summed E-state index contributed by atoms with van der Waals surface area (Å²) in [4.78, 5) is 11.5. The van der Waals surface area contributed by atoms with E-state index in [1.165, 1.54) is 12.8 Å². The second-order valence-corrected chi connectivity index (χ2v) is 4.78. The number of carbonyl (C=O) groups excluding carboxylic acids is 1. The zero-order valence-electron chi connectivity index (χ0n) is 9.76. The molecule has 0 saturated heterocycles. The summed E-state index contributed by atoms with van der Waals surface area (Å²) in [6, 6.07) is 0. The minimum Gasteiger partial charge on any atom is -0.299 e. The third kappa shape index (κ3) is 5.84. The van der Waals surface area contributed by atoms with Crippen LogP contribution in [0, 0.1) is 17.8 Å². The zero-order chi connectivity index (χ0) is 10.4. The van der Waals surface area contributed by atoms with E-state index in [4.69, 9.17) is 0 Å². The van der Waals surface area contributed by atoms with Gasteiger partial charge in [-0.25, -0.2) is 0 Å². The lowest BCUT2D eigenvalue weighted by molar-refractivity contribution is -0.125. The Labute approximate surface area is 82.9 Å². The predicted molar refractivity (Wildman–Crippen MR) is 57.7 cm³/mol. The predicted octanol–water partition coefficient (Wildman–Crippen LogP) is 3.67. The molecule has 0 aromatic heterocycles. The minimum absolute atomic E-state index is 0.203. The van der Waals surface area contributed by atoms with E-state index in [9.17, 15) is 4.79 Å². The van der Waals surface area contributed by atoms with E-state index in [1.807, 2.05) is 13.8 Å². The van der Waals surface area contributed by atoms with Crippen molar-refractivity contribution in [2.24, 2.45) is 17.8 Å². The number of ketones is 1. The number of hydrogen-bond acceptors (Lipinski definition) is 1. The summed E-state index contributed by atoms with van der Waals surface area (Å²) in [5.74, 6) is 1.65. The number of Topliss-reactive ketones (excluding diaryl/α,β-unsaturated/α-hetero) is 1. The molecule has 0 rings (SSSR count). The maximum atomic E-state index is 11.5. The van der Waals surface area contributed by atoms with Gasteiger partial charge in [0.25, 0.3) is 0 Å². The molecule has 1 atom stereocenters. The first-order valence-electron chi connectivity index (χ1n) is 5.48. The highest BCUT2D eigenvalue weighted by molar-refractivity contribution is 5.82. The van der Waals surface area contributed by atoms with Crippen LogP contribution in [0.25, 0.3) is 0 Å². The molecular weight excluding hydrogens is 160 g/mol. The molecule has 13 heavy (non-hydrogen) atoms. The van der Waals surface area contributed by atoms with Crippen molar-refractivity contribution in [1.82, 2.24) is 0 Å². The molecular formula is C12H24O. The Balaban J connectivity index is 3.62. The van der Waals surface area contributed by atoms with E-state index in [-0.39, 0.29) is 11.8 Å². The van der Waals surface area contributed by atoms with Crippen molar-refractivity contribution in [3.05, 3.63) is 0 Å². The highest BCUT2D eigenvalue weighted by Crippen LogP contribution is 2.16. The maximum Gasteiger partial charge on any atom is 0.138 e. The normalized spacial score (nSPS) is 13.8. The van der Waals surface area contributed by atoms with Crippen LogP contribution in [0.1, 0.15) is 53.9 Å². The van der Waals surface area contributed by atoms with Crippen molar-refractivity contribution in [3.63, 3.8) is 0 Å². The van der Waals surface area contributed by atoms with Crippen molar-refractivity contribution in [2.45, 2.75) is 53.9 Å². The fourth-order valence-electron chi connectivity index (χ4n) is 1.54. The Morgan fingerprint density at radius 1 is 1.00 bits per heavy atom. The van der Waals surface area contributed by atoms with Gasteiger partial charge in [0.2, 0.25) is 0 Å². The molecule has 0 aliphatic carbocycles. The third-order valence-corrected chi connectivity index (χ3v) is 2.47. The van der Waals surface area contributed by atoms with Gasteiger partial charge in [0.05, 0.1) is 0 Å². The molecule has 0 fully saturated rings. The van der Waals surface area contributed by atoms with Crippen LogP contribution in [0.2, 0.25) is 0 Å². The van der Waals surface area contributed by atoms with Gasteiger partial charge < -0.3 is 0 Å². The minimum atomic E-state index is 0.203. The van der Waals surface area contributed by atoms with E-state index in [1.54, 1.807) is 0 Å². The summed E-state index contributed by atoms with van der Waals surface area (Å²) < 4.78 is 0. The molecule has 0 N–H and O–H groups in total. The third-order valence-electron chi connectivity index (χ3n) is 2.47. The highest BCUT2D eigenvalue weighted by atomic mass is 16.1. The maximum absolute atomic E-state index is 11.5. The van der Waals surface area contributed by atoms with Gasteiger partial charge in [-0.15, -0.1) is 0 Å². The molecule has 0 aromatic carbocycles. The van der Waals surface area contributed by atoms with Crippen molar-refractivity contribution in [1.29, 1.82) is 0 Å². The second-order valence-electron chi connectivity index (χ2n) is 4.78. The average molecular weight is 184 g/mol. The van der Waals surface area contributed by atoms with Gasteiger partial charge in [-0.2, -0.15) is 0 Å². The fourth-order valence-corrected chi connectivity index (χ4v) is 1.54. The lowest BCUT2D eigenvalue weighted by Gasteiger charge is -2.13. The molecule has 0 spiro atoms. The van der Waals surface area contributed by atoms with Gasteiger partial charge in [0, 0.05) is 11.8 Å². The Hall–Kier alpha value is -0.330. The topological polar surface area (TPSA) is 17.1 Å². The van der Waals surface area contributed by atoms with E-state index >= 15 is 0 Å². The van der Waals surface area contributed by atoms with Crippen LogP contribution >= 0.6 is 0 Å². The second kappa shape index (κ2) is 6.17. The van der Waals surface area contributed by atoms with Crippen LogP contribution < -0.4 is 0 Å². The van der Waals surface area contributed by atoms with Crippen molar-refractivity contribution < 1.29 is 4.79 Å². The molecule has 0 saturated carbocycles. The van der Waals surface area contributed by atoms with Gasteiger partial charge in [0.15, 0.2) is 0 Å². The monoisotopic (exact) mass is 184 g/mol. The van der Waals surface area contributed by atoms with Crippen LogP contribution in [0.4, 0.5) is 0 Å². The molecule has 1 unspecified atom stereocenters. The summed E-state index contributed by atoms with van der Waals surface area (Å²) in [5.41, 5.74) is 0. The Morgan fingerprint density at radius 3 is 1.92 bits per heavy atom. The lowest BCUT2D eigenvalue weighted by atomic mass is 9.91. The van der Waals surface area contributed by atoms with E-state index in [0.29, 0.717) is 5.78 Å². The quantitative estimate of drug-likeness (QED) is 0.615. The van der Waals surface area contributed by atoms with E-state index < -0.39 is 0 Å². The molecule has 0 radical (unpaired) electrons. The Kier molecular flexibility index (Phi) is 6.02. The lowest BCUT2D eigenvalue weighted by Crippen LogP contribution is -2.17. The average Bonchev–Trinajstić information content (AvgIpc) is 2.02. The first kappa shape index (κ1) is 12.7. The summed E-state index contributed by atoms with van der Waals surface area (Å²) in [6.45, 7) is 10.5. The first-order chi connectivity index (χ1) is 5.95. The number of hydrogen-bond donors (Lipinski definition) is 0. The summed E-state index contributed by atoms with van der Waals surface area (Å²) in [5, 5.41) is 0. The summed E-state index contributed by atoms with van der Waals surface area (Å²) >= 11 is 0. The summed E-state index contributed by atoms with van der Waals surface area (Å²) in [6.07, 6.45) is 3.50. The van der Waals surface area contributed by atoms with Crippen molar-refractivity contribution in [2.75, 3.05) is 0 Å². The van der Waals surface area contributed by atoms with Gasteiger partial charge >= 0.3 is 0 Å². The first-order valence-corrected chi connectivity index (χ1v) is 5.48. The molecule has 0 aliphatic heterocycles. The smallest absolute Gasteiger partial charge is 0.138 e. The molecule has 0 aliphatic rings. The van der Waals surface area contributed by atoms with Crippen LogP contribution in [0.15, 0.2) is 0 Å². The Morgan fingerprint density at radius 2 is 1.54 bits per heavy atom. The molecule has 1 nitrogen and oxygen atoms in total. The van der Waals surface area contributed by atoms with Crippen LogP contribution in [0.3, 0.4) is 0 Å². The van der Waals surface area contributed by atoms with Crippen LogP contribution in [-0.2, 0) is 4.79 Å². The van der Waals surface area contributed by atoms with Gasteiger partial charge in [-0.3, -0.25) is 4.79 Å². The fraction of sp³-hybridized carbons (Fsp3) is 0.917. The molecule has 1 heteroatoms. The van der Waals surface area contributed by atoms with Crippen LogP contribution in [-0.4, -0.2) is 5.78 Å². The van der Waals surface area contributed by atoms with E-state index in [0.717, 1.165) is 12.3 Å². The largest absolute Gasteiger partial charge is 0.299 e. The molecule has 0 aromatic rings. The van der Waals surface area contributed by atoms with Gasteiger partial charge in [-0.05, 0) is 12.3 Å².